The summed E-state index contributed by atoms with van der Waals surface area (Å²) in [4.78, 5) is 10.6. The lowest BCUT2D eigenvalue weighted by atomic mass is 9.91. The predicted molar refractivity (Wildman–Crippen MR) is 114 cm³/mol. The molecule has 0 spiro atoms. The Hall–Kier alpha value is -2.56. The van der Waals surface area contributed by atoms with Gasteiger partial charge in [-0.05, 0) is 32.6 Å². The van der Waals surface area contributed by atoms with Crippen LogP contribution in [0.4, 0.5) is 30.5 Å². The van der Waals surface area contributed by atoms with Gasteiger partial charge in [0.2, 0.25) is 10.0 Å². The number of benzene rings is 1. The van der Waals surface area contributed by atoms with Crippen LogP contribution in [0, 0.1) is 24.4 Å². The molecule has 0 amide bonds. The summed E-state index contributed by atoms with van der Waals surface area (Å²) in [5, 5.41) is 3.37. The van der Waals surface area contributed by atoms with E-state index in [1.807, 2.05) is 25.1 Å². The SMILES string of the molecule is Cc1nc(NC2CCC(N(c3cc(F)c(F)c(F)c3)S(C)(=O)=O)CC2)cc(N(C)C)n1. The standard InChI is InChI=1S/C20H26F3N5O2S/c1-12-24-18(11-19(25-12)27(2)3)26-13-5-7-14(8-6-13)28(31(4,29)30)15-9-16(21)20(23)17(22)10-15/h9-11,13-14H,5-8H2,1-4H3,(H,24,25,26). The Morgan fingerprint density at radius 3 is 2.10 bits per heavy atom. The Labute approximate surface area is 180 Å². The third-order valence-corrected chi connectivity index (χ3v) is 6.47. The molecule has 1 aliphatic rings. The highest BCUT2D eigenvalue weighted by molar-refractivity contribution is 7.92. The van der Waals surface area contributed by atoms with E-state index in [-0.39, 0.29) is 11.7 Å². The maximum atomic E-state index is 13.7. The lowest BCUT2D eigenvalue weighted by molar-refractivity contribution is 0.407. The Kier molecular flexibility index (Phi) is 6.63. The molecule has 1 N–H and O–H groups in total. The van der Waals surface area contributed by atoms with E-state index < -0.39 is 33.5 Å². The summed E-state index contributed by atoms with van der Waals surface area (Å²) in [5.41, 5.74) is -0.211. The lowest BCUT2D eigenvalue weighted by Crippen LogP contribution is -2.44. The van der Waals surface area contributed by atoms with Gasteiger partial charge >= 0.3 is 0 Å². The van der Waals surface area contributed by atoms with Crippen molar-refractivity contribution in [1.29, 1.82) is 0 Å². The molecule has 3 rings (SSSR count). The van der Waals surface area contributed by atoms with E-state index in [0.717, 1.165) is 28.5 Å². The lowest BCUT2D eigenvalue weighted by Gasteiger charge is -2.37. The largest absolute Gasteiger partial charge is 0.367 e. The molecule has 2 aromatic rings. The van der Waals surface area contributed by atoms with E-state index in [9.17, 15) is 21.6 Å². The molecule has 170 valence electrons. The van der Waals surface area contributed by atoms with Gasteiger partial charge in [0.15, 0.2) is 17.5 Å². The van der Waals surface area contributed by atoms with Crippen molar-refractivity contribution in [1.82, 2.24) is 9.97 Å². The van der Waals surface area contributed by atoms with Crippen molar-refractivity contribution in [2.75, 3.05) is 34.9 Å². The fourth-order valence-corrected chi connectivity index (χ4v) is 5.10. The van der Waals surface area contributed by atoms with Crippen LogP contribution in [0.5, 0.6) is 0 Å². The van der Waals surface area contributed by atoms with Gasteiger partial charge in [0.05, 0.1) is 11.9 Å². The molecule has 0 radical (unpaired) electrons. The minimum atomic E-state index is -3.83. The molecule has 1 saturated carbocycles. The second kappa shape index (κ2) is 8.89. The van der Waals surface area contributed by atoms with Crippen molar-refractivity contribution >= 4 is 27.3 Å². The average Bonchev–Trinajstić information content (AvgIpc) is 2.66. The highest BCUT2D eigenvalue weighted by atomic mass is 32.2. The van der Waals surface area contributed by atoms with Crippen LogP contribution in [0.2, 0.25) is 0 Å². The number of anilines is 3. The smallest absolute Gasteiger partial charge is 0.232 e. The molecule has 1 heterocycles. The van der Waals surface area contributed by atoms with Gasteiger partial charge in [-0.25, -0.2) is 31.6 Å². The molecule has 1 aromatic heterocycles. The Morgan fingerprint density at radius 2 is 1.58 bits per heavy atom. The van der Waals surface area contributed by atoms with E-state index >= 15 is 0 Å². The number of hydrogen-bond acceptors (Lipinski definition) is 6. The fourth-order valence-electron chi connectivity index (χ4n) is 3.86. The first-order valence-corrected chi connectivity index (χ1v) is 11.7. The van der Waals surface area contributed by atoms with Crippen molar-refractivity contribution in [3.8, 4) is 0 Å². The number of sulfonamides is 1. The van der Waals surface area contributed by atoms with Gasteiger partial charge in [-0.15, -0.1) is 0 Å². The van der Waals surface area contributed by atoms with E-state index in [2.05, 4.69) is 15.3 Å². The minimum Gasteiger partial charge on any atom is -0.367 e. The van der Waals surface area contributed by atoms with Crippen LogP contribution < -0.4 is 14.5 Å². The van der Waals surface area contributed by atoms with Gasteiger partial charge in [0.1, 0.15) is 17.5 Å². The van der Waals surface area contributed by atoms with Gasteiger partial charge in [-0.2, -0.15) is 0 Å². The summed E-state index contributed by atoms with van der Waals surface area (Å²) in [6, 6.07) is 2.85. The van der Waals surface area contributed by atoms with Crippen LogP contribution in [-0.4, -0.2) is 50.8 Å². The molecule has 0 saturated heterocycles. The summed E-state index contributed by atoms with van der Waals surface area (Å²) in [6.07, 6.45) is 3.17. The highest BCUT2D eigenvalue weighted by Gasteiger charge is 2.32. The third-order valence-electron chi connectivity index (χ3n) is 5.24. The molecule has 1 aliphatic carbocycles. The monoisotopic (exact) mass is 457 g/mol. The average molecular weight is 458 g/mol. The Bertz CT molecular complexity index is 1030. The summed E-state index contributed by atoms with van der Waals surface area (Å²) in [7, 11) is -0.0570. The zero-order valence-corrected chi connectivity index (χ0v) is 18.7. The van der Waals surface area contributed by atoms with Gasteiger partial charge in [-0.3, -0.25) is 4.31 Å². The molecule has 0 bridgehead atoms. The number of rotatable bonds is 6. The first-order valence-electron chi connectivity index (χ1n) is 9.89. The molecular formula is C20H26F3N5O2S. The second-order valence-corrected chi connectivity index (χ2v) is 9.84. The van der Waals surface area contributed by atoms with E-state index in [1.165, 1.54) is 0 Å². The minimum absolute atomic E-state index is 0.0589. The molecule has 1 fully saturated rings. The Morgan fingerprint density at radius 1 is 1.00 bits per heavy atom. The summed E-state index contributed by atoms with van der Waals surface area (Å²) >= 11 is 0. The molecule has 0 atom stereocenters. The number of aryl methyl sites for hydroxylation is 1. The zero-order chi connectivity index (χ0) is 22.9. The van der Waals surface area contributed by atoms with Crippen LogP contribution in [0.25, 0.3) is 0 Å². The molecular weight excluding hydrogens is 431 g/mol. The molecule has 31 heavy (non-hydrogen) atoms. The van der Waals surface area contributed by atoms with Crippen LogP contribution in [0.1, 0.15) is 31.5 Å². The van der Waals surface area contributed by atoms with Crippen LogP contribution in [-0.2, 0) is 10.0 Å². The molecule has 0 unspecified atom stereocenters. The van der Waals surface area contributed by atoms with Crippen molar-refractivity contribution in [2.45, 2.75) is 44.7 Å². The van der Waals surface area contributed by atoms with Gasteiger partial charge in [0.25, 0.3) is 0 Å². The normalized spacial score (nSPS) is 19.2. The quantitative estimate of drug-likeness (QED) is 0.670. The number of nitrogens with zero attached hydrogens (tertiary/aromatic N) is 4. The summed E-state index contributed by atoms with van der Waals surface area (Å²) in [6.45, 7) is 1.81. The third kappa shape index (κ3) is 5.38. The molecule has 7 nitrogen and oxygen atoms in total. The van der Waals surface area contributed by atoms with E-state index in [0.29, 0.717) is 37.3 Å². The van der Waals surface area contributed by atoms with Gasteiger partial charge in [-0.1, -0.05) is 0 Å². The fraction of sp³-hybridized carbons (Fsp3) is 0.500. The van der Waals surface area contributed by atoms with Gasteiger partial charge in [0, 0.05) is 44.4 Å². The topological polar surface area (TPSA) is 78.4 Å². The zero-order valence-electron chi connectivity index (χ0n) is 17.9. The Balaban J connectivity index is 1.75. The van der Waals surface area contributed by atoms with Crippen molar-refractivity contribution in [3.63, 3.8) is 0 Å². The molecule has 1 aromatic carbocycles. The van der Waals surface area contributed by atoms with E-state index in [1.54, 1.807) is 6.92 Å². The molecule has 0 aliphatic heterocycles. The number of halogens is 3. The molecule has 11 heteroatoms. The number of hydrogen-bond donors (Lipinski definition) is 1. The second-order valence-electron chi connectivity index (χ2n) is 7.99. The highest BCUT2D eigenvalue weighted by Crippen LogP contribution is 2.32. The predicted octanol–water partition coefficient (Wildman–Crippen LogP) is 3.46. The van der Waals surface area contributed by atoms with Gasteiger partial charge < -0.3 is 10.2 Å². The van der Waals surface area contributed by atoms with Crippen LogP contribution in [0.3, 0.4) is 0 Å². The maximum Gasteiger partial charge on any atom is 0.232 e. The first kappa shape index (κ1) is 23.1. The maximum absolute atomic E-state index is 13.7. The van der Waals surface area contributed by atoms with Crippen molar-refractivity contribution in [3.05, 3.63) is 41.5 Å². The summed E-state index contributed by atoms with van der Waals surface area (Å²) < 4.78 is 66.6. The first-order chi connectivity index (χ1) is 14.5. The summed E-state index contributed by atoms with van der Waals surface area (Å²) in [5.74, 6) is -2.38. The van der Waals surface area contributed by atoms with E-state index in [4.69, 9.17) is 0 Å². The van der Waals surface area contributed by atoms with Crippen LogP contribution in [0.15, 0.2) is 18.2 Å². The van der Waals surface area contributed by atoms with Crippen LogP contribution >= 0.6 is 0 Å². The van der Waals surface area contributed by atoms with Crippen molar-refractivity contribution < 1.29 is 21.6 Å². The van der Waals surface area contributed by atoms with Crippen molar-refractivity contribution in [2.24, 2.45) is 0 Å². The number of nitrogens with one attached hydrogen (secondary N) is 1. The number of aromatic nitrogens is 2.